The van der Waals surface area contributed by atoms with E-state index in [4.69, 9.17) is 9.47 Å². The monoisotopic (exact) mass is 327 g/mol. The van der Waals surface area contributed by atoms with Crippen LogP contribution in [-0.2, 0) is 0 Å². The first-order valence-electron chi connectivity index (χ1n) is 9.37. The predicted molar refractivity (Wildman–Crippen MR) is 90.4 cm³/mol. The number of hydrogen-bond acceptors (Lipinski definition) is 3. The molecule has 4 saturated carbocycles. The number of carbonyl (C=O) groups is 1. The van der Waals surface area contributed by atoms with Crippen LogP contribution in [0.5, 0.6) is 11.5 Å². The summed E-state index contributed by atoms with van der Waals surface area (Å²) in [6.45, 7) is 1.96. The van der Waals surface area contributed by atoms with E-state index in [2.05, 4.69) is 5.32 Å². The van der Waals surface area contributed by atoms with E-state index < -0.39 is 0 Å². The molecule has 128 valence electrons. The maximum absolute atomic E-state index is 12.6. The van der Waals surface area contributed by atoms with Crippen molar-refractivity contribution in [1.29, 1.82) is 0 Å². The van der Waals surface area contributed by atoms with Crippen LogP contribution in [0.25, 0.3) is 0 Å². The zero-order valence-electron chi connectivity index (χ0n) is 14.1. The Morgan fingerprint density at radius 1 is 1.00 bits per heavy atom. The van der Waals surface area contributed by atoms with Gasteiger partial charge in [0.2, 0.25) is 0 Å². The van der Waals surface area contributed by atoms with Gasteiger partial charge in [0, 0.05) is 12.1 Å². The summed E-state index contributed by atoms with van der Waals surface area (Å²) < 4.78 is 11.1. The van der Waals surface area contributed by atoms with Crippen LogP contribution in [0.2, 0.25) is 0 Å². The lowest BCUT2D eigenvalue weighted by Gasteiger charge is -2.56. The van der Waals surface area contributed by atoms with E-state index in [0.717, 1.165) is 30.0 Å². The van der Waals surface area contributed by atoms with Gasteiger partial charge >= 0.3 is 0 Å². The first-order valence-corrected chi connectivity index (χ1v) is 9.37. The lowest BCUT2D eigenvalue weighted by atomic mass is 9.49. The Bertz CT molecular complexity index is 634. The predicted octanol–water partition coefficient (Wildman–Crippen LogP) is 3.40. The highest BCUT2D eigenvalue weighted by atomic mass is 16.6. The van der Waals surface area contributed by atoms with Crippen molar-refractivity contribution >= 4 is 5.91 Å². The van der Waals surface area contributed by atoms with Crippen LogP contribution < -0.4 is 14.8 Å². The molecule has 4 bridgehead atoms. The smallest absolute Gasteiger partial charge is 0.251 e. The van der Waals surface area contributed by atoms with Crippen molar-refractivity contribution in [1.82, 2.24) is 5.32 Å². The molecule has 6 rings (SSSR count). The van der Waals surface area contributed by atoms with Crippen LogP contribution in [0.4, 0.5) is 0 Å². The third-order valence-corrected chi connectivity index (χ3v) is 6.59. The quantitative estimate of drug-likeness (QED) is 0.925. The van der Waals surface area contributed by atoms with Gasteiger partial charge in [-0.25, -0.2) is 0 Å². The van der Waals surface area contributed by atoms with Crippen molar-refractivity contribution in [3.05, 3.63) is 23.8 Å². The SMILES string of the molecule is O=C(NCC12CC3CC(CC(C3)C1)C2)c1ccc2c(c1)OCCO2. The van der Waals surface area contributed by atoms with Crippen molar-refractivity contribution in [3.8, 4) is 11.5 Å². The average Bonchev–Trinajstić information content (AvgIpc) is 2.58. The van der Waals surface area contributed by atoms with E-state index in [1.165, 1.54) is 38.5 Å². The van der Waals surface area contributed by atoms with Crippen LogP contribution in [-0.4, -0.2) is 25.7 Å². The summed E-state index contributed by atoms with van der Waals surface area (Å²) in [6.07, 6.45) is 8.28. The first-order chi connectivity index (χ1) is 11.7. The summed E-state index contributed by atoms with van der Waals surface area (Å²) >= 11 is 0. The van der Waals surface area contributed by atoms with Crippen molar-refractivity contribution in [3.63, 3.8) is 0 Å². The van der Waals surface area contributed by atoms with Crippen LogP contribution >= 0.6 is 0 Å². The zero-order chi connectivity index (χ0) is 16.1. The molecule has 4 nitrogen and oxygen atoms in total. The Labute approximate surface area is 142 Å². The van der Waals surface area contributed by atoms with E-state index in [9.17, 15) is 4.79 Å². The molecule has 5 aliphatic rings. The minimum atomic E-state index is 0.0164. The van der Waals surface area contributed by atoms with Gasteiger partial charge in [-0.15, -0.1) is 0 Å². The number of hydrogen-bond donors (Lipinski definition) is 1. The fraction of sp³-hybridized carbons (Fsp3) is 0.650. The van der Waals surface area contributed by atoms with Crippen molar-refractivity contribution < 1.29 is 14.3 Å². The normalized spacial score (nSPS) is 35.8. The number of nitrogens with one attached hydrogen (secondary N) is 1. The number of carbonyl (C=O) groups excluding carboxylic acids is 1. The number of fused-ring (bicyclic) bond motifs is 1. The molecule has 1 aliphatic heterocycles. The molecule has 1 amide bonds. The number of ether oxygens (including phenoxy) is 2. The van der Waals surface area contributed by atoms with Gasteiger partial charge in [0.25, 0.3) is 5.91 Å². The molecule has 1 heterocycles. The molecular formula is C20H25NO3. The molecule has 1 N–H and O–H groups in total. The van der Waals surface area contributed by atoms with Gasteiger partial charge in [-0.2, -0.15) is 0 Å². The molecule has 0 aromatic heterocycles. The Kier molecular flexibility index (Phi) is 3.29. The Hall–Kier alpha value is -1.71. The van der Waals surface area contributed by atoms with E-state index >= 15 is 0 Å². The molecular weight excluding hydrogens is 302 g/mol. The highest BCUT2D eigenvalue weighted by Gasteiger charge is 2.50. The largest absolute Gasteiger partial charge is 0.486 e. The average molecular weight is 327 g/mol. The lowest BCUT2D eigenvalue weighted by Crippen LogP contribution is -2.51. The van der Waals surface area contributed by atoms with E-state index in [1.54, 1.807) is 0 Å². The van der Waals surface area contributed by atoms with E-state index in [-0.39, 0.29) is 5.91 Å². The second kappa shape index (κ2) is 5.40. The third-order valence-electron chi connectivity index (χ3n) is 6.59. The molecule has 0 radical (unpaired) electrons. The third kappa shape index (κ3) is 2.47. The summed E-state index contributed by atoms with van der Waals surface area (Å²) in [5.74, 6) is 4.19. The molecule has 1 aromatic rings. The molecule has 0 unspecified atom stereocenters. The fourth-order valence-electron chi connectivity index (χ4n) is 6.06. The minimum Gasteiger partial charge on any atom is -0.486 e. The van der Waals surface area contributed by atoms with Gasteiger partial charge in [0.05, 0.1) is 0 Å². The van der Waals surface area contributed by atoms with Gasteiger partial charge in [0.15, 0.2) is 11.5 Å². The zero-order valence-corrected chi connectivity index (χ0v) is 14.1. The standard InChI is InChI=1S/C20H25NO3/c22-19(16-1-2-17-18(8-16)24-4-3-23-17)21-12-20-9-13-5-14(10-20)7-15(6-13)11-20/h1-2,8,13-15H,3-7,9-12H2,(H,21,22). The summed E-state index contributed by atoms with van der Waals surface area (Å²) in [5.41, 5.74) is 1.04. The molecule has 4 aliphatic carbocycles. The first kappa shape index (κ1) is 14.6. The van der Waals surface area contributed by atoms with Crippen molar-refractivity contribution in [2.45, 2.75) is 38.5 Å². The second-order valence-electron chi connectivity index (χ2n) is 8.46. The molecule has 0 atom stereocenters. The van der Waals surface area contributed by atoms with E-state index in [0.29, 0.717) is 29.9 Å². The summed E-state index contributed by atoms with van der Waals surface area (Å²) in [6, 6.07) is 5.49. The highest BCUT2D eigenvalue weighted by molar-refractivity contribution is 5.94. The van der Waals surface area contributed by atoms with Crippen molar-refractivity contribution in [2.75, 3.05) is 19.8 Å². The highest BCUT2D eigenvalue weighted by Crippen LogP contribution is 2.59. The molecule has 1 aromatic carbocycles. The van der Waals surface area contributed by atoms with Gasteiger partial charge < -0.3 is 14.8 Å². The minimum absolute atomic E-state index is 0.0164. The Morgan fingerprint density at radius 3 is 2.29 bits per heavy atom. The Balaban J connectivity index is 1.28. The Morgan fingerprint density at radius 2 is 1.62 bits per heavy atom. The van der Waals surface area contributed by atoms with Crippen molar-refractivity contribution in [2.24, 2.45) is 23.2 Å². The number of rotatable bonds is 3. The van der Waals surface area contributed by atoms with Gasteiger partial charge in [-0.3, -0.25) is 4.79 Å². The second-order valence-corrected chi connectivity index (χ2v) is 8.46. The summed E-state index contributed by atoms with van der Waals surface area (Å²) in [5, 5.41) is 3.23. The lowest BCUT2D eigenvalue weighted by molar-refractivity contribution is -0.0503. The van der Waals surface area contributed by atoms with Crippen LogP contribution in [0.15, 0.2) is 18.2 Å². The van der Waals surface area contributed by atoms with Gasteiger partial charge in [-0.1, -0.05) is 0 Å². The molecule has 4 fully saturated rings. The fourth-order valence-corrected chi connectivity index (χ4v) is 6.06. The van der Waals surface area contributed by atoms with Crippen LogP contribution in [0.3, 0.4) is 0 Å². The molecule has 24 heavy (non-hydrogen) atoms. The summed E-state index contributed by atoms with van der Waals surface area (Å²) in [7, 11) is 0. The van der Waals surface area contributed by atoms with Crippen LogP contribution in [0.1, 0.15) is 48.9 Å². The van der Waals surface area contributed by atoms with Gasteiger partial charge in [0.1, 0.15) is 13.2 Å². The van der Waals surface area contributed by atoms with Gasteiger partial charge in [-0.05, 0) is 79.9 Å². The van der Waals surface area contributed by atoms with Crippen LogP contribution in [0, 0.1) is 23.2 Å². The maximum Gasteiger partial charge on any atom is 0.251 e. The molecule has 0 saturated heterocycles. The maximum atomic E-state index is 12.6. The summed E-state index contributed by atoms with van der Waals surface area (Å²) in [4.78, 5) is 12.6. The number of benzene rings is 1. The number of amides is 1. The molecule has 4 heteroatoms. The topological polar surface area (TPSA) is 47.6 Å². The molecule has 0 spiro atoms. The van der Waals surface area contributed by atoms with E-state index in [1.807, 2.05) is 18.2 Å².